The number of nitrogens with zero attached hydrogens (tertiary/aromatic N) is 3. The molecule has 0 unspecified atom stereocenters. The first kappa shape index (κ1) is 21.7. The minimum Gasteiger partial charge on any atom is -0.382 e. The molecule has 0 spiro atoms. The van der Waals surface area contributed by atoms with Crippen LogP contribution in [0.15, 0.2) is 58.9 Å². The number of aromatic amines is 1. The summed E-state index contributed by atoms with van der Waals surface area (Å²) in [6, 6.07) is 15.6. The lowest BCUT2D eigenvalue weighted by atomic mass is 10.2. The molecule has 0 bridgehead atoms. The number of aromatic nitrogens is 3. The first-order valence-corrected chi connectivity index (χ1v) is 11.3. The normalized spacial score (nSPS) is 10.9. The fourth-order valence-electron chi connectivity index (χ4n) is 3.25. The van der Waals surface area contributed by atoms with Gasteiger partial charge in [0.25, 0.3) is 5.91 Å². The van der Waals surface area contributed by atoms with E-state index in [2.05, 4.69) is 42.6 Å². The van der Waals surface area contributed by atoms with Crippen LogP contribution in [0.5, 0.6) is 0 Å². The Morgan fingerprint density at radius 3 is 2.78 bits per heavy atom. The zero-order chi connectivity index (χ0) is 22.2. The van der Waals surface area contributed by atoms with Gasteiger partial charge >= 0.3 is 0 Å². The summed E-state index contributed by atoms with van der Waals surface area (Å²) in [6.45, 7) is 6.05. The Bertz CT molecular complexity index is 1170. The molecule has 0 aliphatic carbocycles. The van der Waals surface area contributed by atoms with Crippen LogP contribution in [0.25, 0.3) is 11.0 Å². The van der Waals surface area contributed by atoms with Crippen LogP contribution in [0.3, 0.4) is 0 Å². The number of nitrogens with one attached hydrogen (secondary N) is 4. The average molecular weight is 448 g/mol. The van der Waals surface area contributed by atoms with Crippen LogP contribution in [-0.4, -0.2) is 47.2 Å². The average Bonchev–Trinajstić information content (AvgIpc) is 3.46. The quantitative estimate of drug-likeness (QED) is 0.208. The molecule has 0 fully saturated rings. The summed E-state index contributed by atoms with van der Waals surface area (Å²) >= 11 is 1.50. The number of hydrogen-bond acceptors (Lipinski definition) is 7. The van der Waals surface area contributed by atoms with Gasteiger partial charge in [-0.05, 0) is 31.0 Å². The molecule has 4 rings (SSSR count). The zero-order valence-corrected chi connectivity index (χ0v) is 18.4. The van der Waals surface area contributed by atoms with Gasteiger partial charge in [0, 0.05) is 31.4 Å². The molecule has 32 heavy (non-hydrogen) atoms. The highest BCUT2D eigenvalue weighted by Gasteiger charge is 2.10. The summed E-state index contributed by atoms with van der Waals surface area (Å²) in [6.07, 6.45) is 0.755. The van der Waals surface area contributed by atoms with Gasteiger partial charge in [-0.25, -0.2) is 9.97 Å². The van der Waals surface area contributed by atoms with E-state index in [0.29, 0.717) is 25.3 Å². The van der Waals surface area contributed by atoms with Crippen molar-refractivity contribution in [3.8, 4) is 0 Å². The van der Waals surface area contributed by atoms with Gasteiger partial charge < -0.3 is 20.9 Å². The second-order valence-electron chi connectivity index (χ2n) is 7.11. The summed E-state index contributed by atoms with van der Waals surface area (Å²) in [5, 5.41) is 12.2. The number of aliphatic imine (C=N–C) groups is 1. The van der Waals surface area contributed by atoms with Gasteiger partial charge in [0.15, 0.2) is 0 Å². The third-order valence-corrected chi connectivity index (χ3v) is 5.74. The lowest BCUT2D eigenvalue weighted by Gasteiger charge is -2.09. The number of hydrogen-bond donors (Lipinski definition) is 4. The van der Waals surface area contributed by atoms with Crippen molar-refractivity contribution in [2.75, 3.05) is 25.0 Å². The molecule has 2 heterocycles. The number of para-hydroxylation sites is 4. The van der Waals surface area contributed by atoms with E-state index >= 15 is 0 Å². The fourth-order valence-corrected chi connectivity index (χ4v) is 4.02. The highest BCUT2D eigenvalue weighted by Crippen LogP contribution is 2.22. The lowest BCUT2D eigenvalue weighted by molar-refractivity contribution is 0.0950. The van der Waals surface area contributed by atoms with Gasteiger partial charge in [-0.1, -0.05) is 24.3 Å². The first-order chi connectivity index (χ1) is 15.7. The standard InChI is InChI=1S/C23H25N7OS/c1-24-16-6-2-3-7-17(16)26-12-13-27-23(31)20-15-32-22(30-20)10-11-25-14-21-28-18-8-4-5-9-19(18)29-21/h2-9,15,25-26H,1,10-14H2,(H,27,31)(H,28,29). The first-order valence-electron chi connectivity index (χ1n) is 10.4. The molecule has 0 aliphatic heterocycles. The maximum atomic E-state index is 12.3. The predicted octanol–water partition coefficient (Wildman–Crippen LogP) is 3.53. The largest absolute Gasteiger partial charge is 0.382 e. The van der Waals surface area contributed by atoms with E-state index in [4.69, 9.17) is 0 Å². The van der Waals surface area contributed by atoms with Crippen LogP contribution in [0.1, 0.15) is 21.3 Å². The third kappa shape index (κ3) is 5.57. The molecule has 1 amide bonds. The molecular weight excluding hydrogens is 422 g/mol. The number of anilines is 1. The molecule has 0 saturated carbocycles. The number of benzene rings is 2. The van der Waals surface area contributed by atoms with E-state index in [0.717, 1.165) is 46.2 Å². The molecule has 0 atom stereocenters. The Labute approximate surface area is 190 Å². The molecule has 4 N–H and O–H groups in total. The van der Waals surface area contributed by atoms with Crippen LogP contribution in [0.4, 0.5) is 11.4 Å². The number of thiazole rings is 1. The van der Waals surface area contributed by atoms with E-state index in [9.17, 15) is 4.79 Å². The second-order valence-corrected chi connectivity index (χ2v) is 8.05. The number of carbonyl (C=O) groups excluding carboxylic acids is 1. The molecule has 4 aromatic rings. The third-order valence-electron chi connectivity index (χ3n) is 4.83. The summed E-state index contributed by atoms with van der Waals surface area (Å²) in [5.41, 5.74) is 4.14. The van der Waals surface area contributed by atoms with Gasteiger partial charge in [0.1, 0.15) is 11.5 Å². The molecule has 2 aromatic heterocycles. The SMILES string of the molecule is C=Nc1ccccc1NCCNC(=O)c1csc(CCNCc2nc3ccccc3[nH]2)n1. The minimum absolute atomic E-state index is 0.167. The van der Waals surface area contributed by atoms with Gasteiger partial charge in [-0.2, -0.15) is 0 Å². The Morgan fingerprint density at radius 1 is 1.06 bits per heavy atom. The smallest absolute Gasteiger partial charge is 0.270 e. The van der Waals surface area contributed by atoms with Gasteiger partial charge in [-0.15, -0.1) is 11.3 Å². The van der Waals surface area contributed by atoms with E-state index in [1.807, 2.05) is 48.5 Å². The van der Waals surface area contributed by atoms with Gasteiger partial charge in [0.05, 0.1) is 34.0 Å². The highest BCUT2D eigenvalue weighted by atomic mass is 32.1. The number of carbonyl (C=O) groups is 1. The second kappa shape index (κ2) is 10.7. The van der Waals surface area contributed by atoms with Crippen LogP contribution < -0.4 is 16.0 Å². The Morgan fingerprint density at radius 2 is 1.91 bits per heavy atom. The molecule has 2 aromatic carbocycles. The Hall–Kier alpha value is -3.56. The maximum absolute atomic E-state index is 12.3. The monoisotopic (exact) mass is 447 g/mol. The topological polar surface area (TPSA) is 107 Å². The number of fused-ring (bicyclic) bond motifs is 1. The van der Waals surface area contributed by atoms with E-state index in [1.165, 1.54) is 11.3 Å². The summed E-state index contributed by atoms with van der Waals surface area (Å²) in [7, 11) is 0. The van der Waals surface area contributed by atoms with Gasteiger partial charge in [0.2, 0.25) is 0 Å². The number of rotatable bonds is 11. The molecule has 8 nitrogen and oxygen atoms in total. The summed E-state index contributed by atoms with van der Waals surface area (Å²) < 4.78 is 0. The lowest BCUT2D eigenvalue weighted by Crippen LogP contribution is -2.29. The van der Waals surface area contributed by atoms with E-state index < -0.39 is 0 Å². The molecule has 164 valence electrons. The molecule has 0 aliphatic rings. The predicted molar refractivity (Wildman–Crippen MR) is 130 cm³/mol. The van der Waals surface area contributed by atoms with Crippen molar-refractivity contribution in [3.05, 3.63) is 70.4 Å². The number of H-pyrrole nitrogens is 1. The summed E-state index contributed by atoms with van der Waals surface area (Å²) in [4.78, 5) is 28.6. The molecule has 0 radical (unpaired) electrons. The van der Waals surface area contributed by atoms with Crippen molar-refractivity contribution in [2.45, 2.75) is 13.0 Å². The molecule has 9 heteroatoms. The van der Waals surface area contributed by atoms with Crippen molar-refractivity contribution in [3.63, 3.8) is 0 Å². The van der Waals surface area contributed by atoms with E-state index in [-0.39, 0.29) is 5.91 Å². The Balaban J connectivity index is 1.17. The van der Waals surface area contributed by atoms with Crippen molar-refractivity contribution in [1.82, 2.24) is 25.6 Å². The highest BCUT2D eigenvalue weighted by molar-refractivity contribution is 7.09. The van der Waals surface area contributed by atoms with Crippen LogP contribution in [-0.2, 0) is 13.0 Å². The van der Waals surface area contributed by atoms with Crippen LogP contribution >= 0.6 is 11.3 Å². The molecular formula is C23H25N7OS. The minimum atomic E-state index is -0.167. The summed E-state index contributed by atoms with van der Waals surface area (Å²) in [5.74, 6) is 0.741. The molecule has 0 saturated heterocycles. The van der Waals surface area contributed by atoms with Crippen molar-refractivity contribution < 1.29 is 4.79 Å². The maximum Gasteiger partial charge on any atom is 0.270 e. The van der Waals surface area contributed by atoms with Gasteiger partial charge in [-0.3, -0.25) is 9.79 Å². The fraction of sp³-hybridized carbons (Fsp3) is 0.217. The zero-order valence-electron chi connectivity index (χ0n) is 17.6. The van der Waals surface area contributed by atoms with Crippen molar-refractivity contribution in [2.24, 2.45) is 4.99 Å². The Kier molecular flexibility index (Phi) is 7.21. The number of amides is 1. The van der Waals surface area contributed by atoms with Crippen LogP contribution in [0.2, 0.25) is 0 Å². The van der Waals surface area contributed by atoms with Crippen molar-refractivity contribution in [1.29, 1.82) is 0 Å². The van der Waals surface area contributed by atoms with E-state index in [1.54, 1.807) is 5.38 Å². The van der Waals surface area contributed by atoms with Crippen LogP contribution in [0, 0.1) is 0 Å². The number of imidazole rings is 1. The van der Waals surface area contributed by atoms with Crippen molar-refractivity contribution >= 4 is 46.4 Å².